The number of nitrogen functional groups attached to an aromatic ring is 1. The lowest BCUT2D eigenvalue weighted by Gasteiger charge is -2.39. The number of hydrogen-bond donors (Lipinski definition) is 1. The molecule has 0 spiro atoms. The lowest BCUT2D eigenvalue weighted by Crippen LogP contribution is -2.47. The number of para-hydroxylation sites is 1. The molecule has 4 nitrogen and oxygen atoms in total. The number of anilines is 2. The van der Waals surface area contributed by atoms with Crippen LogP contribution in [0.1, 0.15) is 19.4 Å². The topological polar surface area (TPSA) is 62.3 Å². The van der Waals surface area contributed by atoms with Crippen molar-refractivity contribution in [1.29, 1.82) is 5.26 Å². The van der Waals surface area contributed by atoms with Gasteiger partial charge < -0.3 is 15.4 Å². The molecule has 0 aliphatic carbocycles. The molecule has 1 aliphatic rings. The molecule has 1 aliphatic heterocycles. The fraction of sp³-hybridized carbons (Fsp3) is 0.462. The highest BCUT2D eigenvalue weighted by Crippen LogP contribution is 2.29. The van der Waals surface area contributed by atoms with Crippen LogP contribution in [0.25, 0.3) is 0 Å². The first-order valence-corrected chi connectivity index (χ1v) is 5.80. The van der Waals surface area contributed by atoms with Crippen molar-refractivity contribution in [2.75, 3.05) is 23.8 Å². The molecular weight excluding hydrogens is 214 g/mol. The normalized spacial score (nSPS) is 24.4. The first-order chi connectivity index (χ1) is 8.13. The highest BCUT2D eigenvalue weighted by Gasteiger charge is 2.25. The van der Waals surface area contributed by atoms with Gasteiger partial charge in [0.15, 0.2) is 0 Å². The molecule has 2 rings (SSSR count). The van der Waals surface area contributed by atoms with Crippen molar-refractivity contribution < 1.29 is 4.74 Å². The molecule has 1 heterocycles. The predicted octanol–water partition coefficient (Wildman–Crippen LogP) is 1.75. The highest BCUT2D eigenvalue weighted by atomic mass is 16.5. The van der Waals surface area contributed by atoms with E-state index in [2.05, 4.69) is 17.9 Å². The van der Waals surface area contributed by atoms with Crippen LogP contribution in [0.5, 0.6) is 0 Å². The third-order valence-electron chi connectivity index (χ3n) is 3.12. The van der Waals surface area contributed by atoms with Gasteiger partial charge in [0.1, 0.15) is 6.07 Å². The van der Waals surface area contributed by atoms with E-state index in [0.717, 1.165) is 12.2 Å². The molecule has 2 unspecified atom stereocenters. The average Bonchev–Trinajstić information content (AvgIpc) is 2.33. The van der Waals surface area contributed by atoms with Crippen LogP contribution in [0, 0.1) is 11.3 Å². The third-order valence-corrected chi connectivity index (χ3v) is 3.12. The molecule has 0 amide bonds. The quantitative estimate of drug-likeness (QED) is 0.748. The lowest BCUT2D eigenvalue weighted by atomic mass is 10.1. The summed E-state index contributed by atoms with van der Waals surface area (Å²) in [6.45, 7) is 5.64. The Morgan fingerprint density at radius 1 is 1.47 bits per heavy atom. The molecule has 90 valence electrons. The Morgan fingerprint density at radius 2 is 2.24 bits per heavy atom. The van der Waals surface area contributed by atoms with E-state index < -0.39 is 0 Å². The van der Waals surface area contributed by atoms with Crippen molar-refractivity contribution >= 4 is 11.4 Å². The summed E-state index contributed by atoms with van der Waals surface area (Å²) in [5, 5.41) is 8.99. The Labute approximate surface area is 102 Å². The molecule has 2 N–H and O–H groups in total. The fourth-order valence-electron chi connectivity index (χ4n) is 2.14. The summed E-state index contributed by atoms with van der Waals surface area (Å²) in [7, 11) is 0. The number of nitrogens with zero attached hydrogens (tertiary/aromatic N) is 2. The van der Waals surface area contributed by atoms with Crippen LogP contribution in [-0.2, 0) is 4.74 Å². The zero-order valence-corrected chi connectivity index (χ0v) is 10.2. The highest BCUT2D eigenvalue weighted by molar-refractivity contribution is 5.74. The molecule has 0 saturated carbocycles. The lowest BCUT2D eigenvalue weighted by molar-refractivity contribution is 0.0344. The molecule has 0 bridgehead atoms. The van der Waals surface area contributed by atoms with Gasteiger partial charge in [0, 0.05) is 12.6 Å². The van der Waals surface area contributed by atoms with Gasteiger partial charge in [0.25, 0.3) is 0 Å². The maximum Gasteiger partial charge on any atom is 0.101 e. The van der Waals surface area contributed by atoms with Crippen LogP contribution in [0.15, 0.2) is 18.2 Å². The standard InChI is InChI=1S/C13H17N3O/c1-9-8-17-10(2)7-16(9)12-5-3-4-11(6-14)13(12)15/h3-5,9-10H,7-8,15H2,1-2H3. The van der Waals surface area contributed by atoms with Gasteiger partial charge in [0.05, 0.1) is 29.6 Å². The zero-order valence-electron chi connectivity index (χ0n) is 10.2. The molecule has 0 radical (unpaired) electrons. The van der Waals surface area contributed by atoms with E-state index in [1.807, 2.05) is 19.1 Å². The largest absolute Gasteiger partial charge is 0.396 e. The maximum atomic E-state index is 8.99. The molecule has 1 aromatic rings. The second-order valence-electron chi connectivity index (χ2n) is 4.50. The van der Waals surface area contributed by atoms with E-state index in [0.29, 0.717) is 17.9 Å². The minimum absolute atomic E-state index is 0.191. The summed E-state index contributed by atoms with van der Waals surface area (Å²) in [6, 6.07) is 7.98. The molecule has 1 saturated heterocycles. The third kappa shape index (κ3) is 2.20. The van der Waals surface area contributed by atoms with Gasteiger partial charge in [-0.3, -0.25) is 0 Å². The molecule has 1 fully saturated rings. The Bertz CT molecular complexity index is 452. The zero-order chi connectivity index (χ0) is 12.4. The molecule has 2 atom stereocenters. The van der Waals surface area contributed by atoms with Crippen LogP contribution in [0.3, 0.4) is 0 Å². The summed E-state index contributed by atoms with van der Waals surface area (Å²) in [6.07, 6.45) is 0.191. The minimum Gasteiger partial charge on any atom is -0.396 e. The van der Waals surface area contributed by atoms with Gasteiger partial charge in [-0.2, -0.15) is 5.26 Å². The Kier molecular flexibility index (Phi) is 3.21. The van der Waals surface area contributed by atoms with Gasteiger partial charge in [-0.1, -0.05) is 6.07 Å². The summed E-state index contributed by atoms with van der Waals surface area (Å²) in [4.78, 5) is 2.21. The Morgan fingerprint density at radius 3 is 2.94 bits per heavy atom. The second kappa shape index (κ2) is 4.64. The Hall–Kier alpha value is -1.73. The van der Waals surface area contributed by atoms with Crippen LogP contribution in [0.4, 0.5) is 11.4 Å². The fourth-order valence-corrected chi connectivity index (χ4v) is 2.14. The van der Waals surface area contributed by atoms with E-state index in [9.17, 15) is 0 Å². The number of nitrogens with two attached hydrogens (primary N) is 1. The van der Waals surface area contributed by atoms with E-state index in [-0.39, 0.29) is 12.1 Å². The van der Waals surface area contributed by atoms with Crippen molar-refractivity contribution in [3.63, 3.8) is 0 Å². The van der Waals surface area contributed by atoms with Crippen LogP contribution < -0.4 is 10.6 Å². The average molecular weight is 231 g/mol. The molecule has 17 heavy (non-hydrogen) atoms. The van der Waals surface area contributed by atoms with Gasteiger partial charge in [-0.25, -0.2) is 0 Å². The number of benzene rings is 1. The van der Waals surface area contributed by atoms with Crippen molar-refractivity contribution in [2.24, 2.45) is 0 Å². The van der Waals surface area contributed by atoms with Gasteiger partial charge in [-0.15, -0.1) is 0 Å². The number of morpholine rings is 1. The molecule has 4 heteroatoms. The van der Waals surface area contributed by atoms with Gasteiger partial charge >= 0.3 is 0 Å². The van der Waals surface area contributed by atoms with Crippen molar-refractivity contribution in [3.05, 3.63) is 23.8 Å². The van der Waals surface area contributed by atoms with E-state index in [4.69, 9.17) is 15.7 Å². The molecule has 1 aromatic carbocycles. The smallest absolute Gasteiger partial charge is 0.101 e. The second-order valence-corrected chi connectivity index (χ2v) is 4.50. The minimum atomic E-state index is 0.191. The number of nitriles is 1. The maximum absolute atomic E-state index is 8.99. The van der Waals surface area contributed by atoms with Crippen molar-refractivity contribution in [3.8, 4) is 6.07 Å². The van der Waals surface area contributed by atoms with E-state index >= 15 is 0 Å². The summed E-state index contributed by atoms with van der Waals surface area (Å²) in [5.74, 6) is 0. The predicted molar refractivity (Wildman–Crippen MR) is 67.8 cm³/mol. The van der Waals surface area contributed by atoms with Crippen LogP contribution in [-0.4, -0.2) is 25.3 Å². The summed E-state index contributed by atoms with van der Waals surface area (Å²) < 4.78 is 5.59. The number of ether oxygens (including phenoxy) is 1. The summed E-state index contributed by atoms with van der Waals surface area (Å²) in [5.41, 5.74) is 8.07. The molecule has 0 aromatic heterocycles. The van der Waals surface area contributed by atoms with Crippen molar-refractivity contribution in [2.45, 2.75) is 26.0 Å². The van der Waals surface area contributed by atoms with Gasteiger partial charge in [-0.05, 0) is 26.0 Å². The van der Waals surface area contributed by atoms with E-state index in [1.54, 1.807) is 6.07 Å². The van der Waals surface area contributed by atoms with Gasteiger partial charge in [0.2, 0.25) is 0 Å². The molecular formula is C13H17N3O. The first-order valence-electron chi connectivity index (χ1n) is 5.80. The number of hydrogen-bond acceptors (Lipinski definition) is 4. The van der Waals surface area contributed by atoms with Crippen LogP contribution in [0.2, 0.25) is 0 Å². The Balaban J connectivity index is 2.36. The van der Waals surface area contributed by atoms with E-state index in [1.165, 1.54) is 0 Å². The van der Waals surface area contributed by atoms with Crippen LogP contribution >= 0.6 is 0 Å². The SMILES string of the molecule is CC1CN(c2cccc(C#N)c2N)C(C)CO1. The van der Waals surface area contributed by atoms with Crippen molar-refractivity contribution in [1.82, 2.24) is 0 Å². The first kappa shape index (κ1) is 11.7. The summed E-state index contributed by atoms with van der Waals surface area (Å²) >= 11 is 0. The monoisotopic (exact) mass is 231 g/mol. The number of rotatable bonds is 1.